The van der Waals surface area contributed by atoms with Gasteiger partial charge in [-0.25, -0.2) is 4.79 Å². The van der Waals surface area contributed by atoms with Gasteiger partial charge in [0, 0.05) is 18.6 Å². The first-order valence-electron chi connectivity index (χ1n) is 18.2. The Balaban J connectivity index is 1.08. The number of nitrogens with zero attached hydrogens (tertiary/aromatic N) is 1. The predicted molar refractivity (Wildman–Crippen MR) is 178 cm³/mol. The Kier molecular flexibility index (Phi) is 8.10. The minimum Gasteiger partial charge on any atom is -0.478 e. The Morgan fingerprint density at radius 1 is 0.932 bits per heavy atom. The van der Waals surface area contributed by atoms with E-state index in [2.05, 4.69) is 44.0 Å². The Labute approximate surface area is 266 Å². The molecule has 0 radical (unpaired) electrons. The molecule has 1 aliphatic heterocycles. The van der Waals surface area contributed by atoms with Crippen molar-refractivity contribution in [3.05, 3.63) is 41.5 Å². The summed E-state index contributed by atoms with van der Waals surface area (Å²) in [6, 6.07) is 7.65. The number of hydrogen-bond acceptors (Lipinski definition) is 4. The lowest BCUT2D eigenvalue weighted by Gasteiger charge is -2.71. The van der Waals surface area contributed by atoms with Crippen molar-refractivity contribution >= 4 is 11.5 Å². The van der Waals surface area contributed by atoms with Gasteiger partial charge in [0.2, 0.25) is 0 Å². The molecule has 7 unspecified atom stereocenters. The summed E-state index contributed by atoms with van der Waals surface area (Å²) in [5.41, 5.74) is 4.59. The van der Waals surface area contributed by atoms with Crippen molar-refractivity contribution < 1.29 is 14.6 Å². The van der Waals surface area contributed by atoms with Crippen LogP contribution in [-0.4, -0.2) is 60.9 Å². The minimum atomic E-state index is -0.845. The lowest BCUT2D eigenvalue weighted by Crippen LogP contribution is -2.67. The highest BCUT2D eigenvalue weighted by molar-refractivity contribution is 5.88. The largest absolute Gasteiger partial charge is 0.478 e. The zero-order chi connectivity index (χ0) is 30.7. The molecule has 1 saturated heterocycles. The predicted octanol–water partition coefficient (Wildman–Crippen LogP) is 7.91. The number of ether oxygens (including phenoxy) is 1. The fourth-order valence-electron chi connectivity index (χ4n) is 12.8. The van der Waals surface area contributed by atoms with Crippen molar-refractivity contribution in [2.24, 2.45) is 45.8 Å². The molecule has 0 aromatic heterocycles. The molecule has 1 heterocycles. The monoisotopic (exact) mass is 602 g/mol. The molecule has 5 fully saturated rings. The molecule has 7 rings (SSSR count). The summed E-state index contributed by atoms with van der Waals surface area (Å²) in [4.78, 5) is 14.0. The van der Waals surface area contributed by atoms with Crippen LogP contribution in [0.5, 0.6) is 0 Å². The van der Waals surface area contributed by atoms with E-state index in [0.29, 0.717) is 39.2 Å². The van der Waals surface area contributed by atoms with Gasteiger partial charge in [-0.3, -0.25) is 4.90 Å². The second kappa shape index (κ2) is 11.5. The normalized spacial score (nSPS) is 43.7. The van der Waals surface area contributed by atoms with Crippen LogP contribution in [0.15, 0.2) is 30.3 Å². The molecule has 242 valence electrons. The van der Waals surface area contributed by atoms with Crippen LogP contribution in [-0.2, 0) is 4.74 Å². The van der Waals surface area contributed by atoms with Gasteiger partial charge in [-0.15, -0.1) is 0 Å². The van der Waals surface area contributed by atoms with Gasteiger partial charge in [-0.2, -0.15) is 0 Å². The van der Waals surface area contributed by atoms with Crippen LogP contribution in [0.2, 0.25) is 0 Å². The Morgan fingerprint density at radius 2 is 1.70 bits per heavy atom. The highest BCUT2D eigenvalue weighted by atomic mass is 16.5. The lowest BCUT2D eigenvalue weighted by atomic mass is 9.34. The number of morpholine rings is 1. The van der Waals surface area contributed by atoms with Crippen LogP contribution in [0, 0.1) is 45.8 Å². The maximum Gasteiger partial charge on any atom is 0.335 e. The van der Waals surface area contributed by atoms with Crippen molar-refractivity contribution in [1.29, 1.82) is 0 Å². The van der Waals surface area contributed by atoms with E-state index < -0.39 is 5.97 Å². The van der Waals surface area contributed by atoms with Crippen LogP contribution in [0.4, 0.5) is 0 Å². The minimum absolute atomic E-state index is 0.340. The average Bonchev–Trinajstić information content (AvgIpc) is 3.45. The highest BCUT2D eigenvalue weighted by Gasteiger charge is 2.68. The summed E-state index contributed by atoms with van der Waals surface area (Å²) < 4.78 is 5.56. The SMILES string of the molecule is CC1C(c2ccc(C(=O)O)cc2)=CCC2(C)C1CCC1(C)C2CCC2C3CCC[C@]3(NCCCN3CCOCC3)CC[C@]21C. The molecule has 0 spiro atoms. The average molecular weight is 603 g/mol. The fraction of sp³-hybridized carbons (Fsp3) is 0.769. The molecule has 1 aromatic rings. The third kappa shape index (κ3) is 4.77. The van der Waals surface area contributed by atoms with Crippen LogP contribution in [0.25, 0.3) is 5.57 Å². The van der Waals surface area contributed by atoms with E-state index in [4.69, 9.17) is 4.74 Å². The summed E-state index contributed by atoms with van der Waals surface area (Å²) in [6.45, 7) is 17.0. The van der Waals surface area contributed by atoms with E-state index in [1.165, 1.54) is 88.4 Å². The quantitative estimate of drug-likeness (QED) is 0.311. The first-order chi connectivity index (χ1) is 21.1. The van der Waals surface area contributed by atoms with Gasteiger partial charge in [0.15, 0.2) is 0 Å². The van der Waals surface area contributed by atoms with Gasteiger partial charge in [0.25, 0.3) is 0 Å². The molecule has 44 heavy (non-hydrogen) atoms. The maximum atomic E-state index is 11.4. The second-order valence-electron chi connectivity index (χ2n) is 16.6. The van der Waals surface area contributed by atoms with Crippen LogP contribution >= 0.6 is 0 Å². The summed E-state index contributed by atoms with van der Waals surface area (Å²) >= 11 is 0. The molecule has 0 bridgehead atoms. The summed E-state index contributed by atoms with van der Waals surface area (Å²) in [5.74, 6) is 2.84. The number of aromatic carboxylic acids is 1. The van der Waals surface area contributed by atoms with Crippen LogP contribution in [0.3, 0.4) is 0 Å². The van der Waals surface area contributed by atoms with Crippen molar-refractivity contribution in [2.75, 3.05) is 39.4 Å². The van der Waals surface area contributed by atoms with E-state index in [9.17, 15) is 9.90 Å². The lowest BCUT2D eigenvalue weighted by molar-refractivity contribution is -0.211. The third-order valence-electron chi connectivity index (χ3n) is 15.3. The molecule has 6 aliphatic rings. The summed E-state index contributed by atoms with van der Waals surface area (Å²) in [5, 5.41) is 13.7. The zero-order valence-electron chi connectivity index (χ0n) is 28.0. The number of carbonyl (C=O) groups is 1. The maximum absolute atomic E-state index is 11.4. The molecule has 0 amide bonds. The van der Waals surface area contributed by atoms with Gasteiger partial charge in [0.05, 0.1) is 18.8 Å². The number of nitrogens with one attached hydrogen (secondary N) is 1. The Bertz CT molecular complexity index is 1250. The van der Waals surface area contributed by atoms with Crippen molar-refractivity contribution in [3.8, 4) is 0 Å². The van der Waals surface area contributed by atoms with Crippen molar-refractivity contribution in [1.82, 2.24) is 10.2 Å². The molecule has 1 aromatic carbocycles. The van der Waals surface area contributed by atoms with E-state index >= 15 is 0 Å². The first kappa shape index (κ1) is 30.9. The number of hydrogen-bond donors (Lipinski definition) is 2. The number of fused-ring (bicyclic) bond motifs is 7. The molecule has 5 aliphatic carbocycles. The van der Waals surface area contributed by atoms with Gasteiger partial charge in [-0.1, -0.05) is 52.3 Å². The Hall–Kier alpha value is -1.69. The number of carboxylic acids is 1. The summed E-state index contributed by atoms with van der Waals surface area (Å²) in [6.07, 6.45) is 17.5. The van der Waals surface area contributed by atoms with Crippen LogP contribution in [0.1, 0.15) is 114 Å². The summed E-state index contributed by atoms with van der Waals surface area (Å²) in [7, 11) is 0. The number of allylic oxidation sites excluding steroid dienone is 2. The highest BCUT2D eigenvalue weighted by Crippen LogP contribution is 2.75. The van der Waals surface area contributed by atoms with E-state index in [1.54, 1.807) is 12.1 Å². The molecule has 4 saturated carbocycles. The van der Waals surface area contributed by atoms with Gasteiger partial charge in [-0.05, 0) is 146 Å². The molecular weight excluding hydrogens is 544 g/mol. The van der Waals surface area contributed by atoms with Gasteiger partial charge >= 0.3 is 5.97 Å². The van der Waals surface area contributed by atoms with Gasteiger partial charge < -0.3 is 15.2 Å². The van der Waals surface area contributed by atoms with E-state index in [1.807, 2.05) is 12.1 Å². The number of rotatable bonds is 7. The molecular formula is C39H58N2O3. The number of carboxylic acid groups (broad SMARTS) is 1. The van der Waals surface area contributed by atoms with Crippen molar-refractivity contribution in [2.45, 2.75) is 104 Å². The first-order valence-corrected chi connectivity index (χ1v) is 18.2. The van der Waals surface area contributed by atoms with E-state index in [-0.39, 0.29) is 0 Å². The molecule has 5 heteroatoms. The number of benzene rings is 1. The standard InChI is InChI=1S/C39H58N2O3/c1-27-30(28-8-10-29(11-9-28)35(42)43)14-17-36(2)31(27)15-18-38(4)34(36)13-12-32-33-7-5-16-39(33,20-19-37(32,38)3)40-21-6-22-41-23-25-44-26-24-41/h8-11,14,27,31-34,40H,5-7,12-13,15-26H2,1-4H3,(H,42,43)/t27?,31?,32?,33?,34?,36?,37-,38?,39+/m1/s1. The smallest absolute Gasteiger partial charge is 0.335 e. The zero-order valence-corrected chi connectivity index (χ0v) is 28.0. The van der Waals surface area contributed by atoms with Crippen LogP contribution < -0.4 is 5.32 Å². The van der Waals surface area contributed by atoms with Crippen molar-refractivity contribution in [3.63, 3.8) is 0 Å². The second-order valence-corrected chi connectivity index (χ2v) is 16.6. The van der Waals surface area contributed by atoms with E-state index in [0.717, 1.165) is 50.5 Å². The fourth-order valence-corrected chi connectivity index (χ4v) is 12.8. The Morgan fingerprint density at radius 3 is 2.45 bits per heavy atom. The molecule has 9 atom stereocenters. The molecule has 5 nitrogen and oxygen atoms in total. The third-order valence-corrected chi connectivity index (χ3v) is 15.3. The topological polar surface area (TPSA) is 61.8 Å². The molecule has 2 N–H and O–H groups in total. The van der Waals surface area contributed by atoms with Gasteiger partial charge in [0.1, 0.15) is 0 Å².